The third-order valence-electron chi connectivity index (χ3n) is 9.79. The number of fused-ring (bicyclic) bond motifs is 4. The third kappa shape index (κ3) is 4.07. The van der Waals surface area contributed by atoms with Gasteiger partial charge in [0.1, 0.15) is 5.75 Å². The Labute approximate surface area is 276 Å². The van der Waals surface area contributed by atoms with Gasteiger partial charge in [-0.05, 0) is 60.7 Å². The molecule has 0 unspecified atom stereocenters. The summed E-state index contributed by atoms with van der Waals surface area (Å²) >= 11 is 24.3. The van der Waals surface area contributed by atoms with E-state index in [1.165, 1.54) is 17.0 Å². The normalized spacial score (nSPS) is 33.4. The molecule has 4 fully saturated rings. The first-order valence-corrected chi connectivity index (χ1v) is 16.6. The first-order valence-electron chi connectivity index (χ1n) is 14.3. The maximum Gasteiger partial charge on any atom is 0.254 e. The zero-order chi connectivity index (χ0) is 31.1. The quantitative estimate of drug-likeness (QED) is 0.209. The number of carbonyl (C=O) groups is 4. The SMILES string of the molecule is O=C1[C@H]2[C@H](CC=C3[C@H]2C[C@@]2(Cl)C(=O)N(CBr)C(=O)[C@@]2(Cl)[C@H]3c2ccc(O)cc2Cl)C(=O)N1c1ccc(N2CCOCC2)cc1. The molecule has 3 aliphatic heterocycles. The number of benzene rings is 2. The van der Waals surface area contributed by atoms with Gasteiger partial charge in [0.05, 0.1) is 36.2 Å². The number of rotatable bonds is 4. The number of aromatic hydroxyl groups is 1. The van der Waals surface area contributed by atoms with Crippen LogP contribution < -0.4 is 9.80 Å². The van der Waals surface area contributed by atoms with Crippen molar-refractivity contribution in [3.63, 3.8) is 0 Å². The van der Waals surface area contributed by atoms with Crippen molar-refractivity contribution in [2.24, 2.45) is 17.8 Å². The lowest BCUT2D eigenvalue weighted by atomic mass is 9.56. The van der Waals surface area contributed by atoms with Gasteiger partial charge in [0, 0.05) is 29.7 Å². The van der Waals surface area contributed by atoms with E-state index in [9.17, 15) is 24.3 Å². The van der Waals surface area contributed by atoms with Gasteiger partial charge in [0.25, 0.3) is 11.8 Å². The van der Waals surface area contributed by atoms with Crippen molar-refractivity contribution in [3.8, 4) is 5.75 Å². The standard InChI is InChI=1S/C31H27BrCl3N3O6/c32-15-37-28(42)30(34)14-22-19(25(31(30,35)29(37)43)20-6-5-18(39)13-23(20)33)7-8-21-24(22)27(41)38(26(21)40)17-3-1-16(2-4-17)36-9-11-44-12-10-36/h1-7,13,21-22,24-25,39H,8-12,14-15H2/t21-,22+,24-,25+,30+,31-/m0/s1. The molecule has 2 aliphatic carbocycles. The van der Waals surface area contributed by atoms with Gasteiger partial charge >= 0.3 is 0 Å². The van der Waals surface area contributed by atoms with Crippen molar-refractivity contribution in [1.29, 1.82) is 0 Å². The van der Waals surface area contributed by atoms with E-state index in [2.05, 4.69) is 20.8 Å². The highest BCUT2D eigenvalue weighted by molar-refractivity contribution is 9.09. The van der Waals surface area contributed by atoms with Gasteiger partial charge in [-0.2, -0.15) is 0 Å². The van der Waals surface area contributed by atoms with Crippen molar-refractivity contribution in [2.75, 3.05) is 41.6 Å². The number of halogens is 4. The zero-order valence-corrected chi connectivity index (χ0v) is 27.1. The number of likely N-dealkylation sites (tertiary alicyclic amines) is 1. The summed E-state index contributed by atoms with van der Waals surface area (Å²) in [6, 6.07) is 11.6. The number of anilines is 2. The fourth-order valence-electron chi connectivity index (χ4n) is 7.74. The fraction of sp³-hybridized carbons (Fsp3) is 0.419. The Balaban J connectivity index is 1.30. The summed E-state index contributed by atoms with van der Waals surface area (Å²) in [6.07, 6.45) is 1.97. The van der Waals surface area contributed by atoms with Crippen LogP contribution in [0.25, 0.3) is 0 Å². The summed E-state index contributed by atoms with van der Waals surface area (Å²) in [5.74, 6) is -5.32. The molecule has 1 N–H and O–H groups in total. The van der Waals surface area contributed by atoms with Crippen molar-refractivity contribution >= 4 is 85.7 Å². The molecule has 1 saturated carbocycles. The van der Waals surface area contributed by atoms with E-state index < -0.39 is 45.2 Å². The maximum atomic E-state index is 14.2. The minimum absolute atomic E-state index is 0.0905. The van der Waals surface area contributed by atoms with Gasteiger partial charge in [-0.15, -0.1) is 23.2 Å². The Kier molecular flexibility index (Phi) is 7.33. The van der Waals surface area contributed by atoms with Gasteiger partial charge in [0.2, 0.25) is 11.8 Å². The second-order valence-corrected chi connectivity index (χ2v) is 14.0. The van der Waals surface area contributed by atoms with Gasteiger partial charge in [-0.1, -0.05) is 45.2 Å². The topological polar surface area (TPSA) is 107 Å². The van der Waals surface area contributed by atoms with Crippen LogP contribution in [0.4, 0.5) is 11.4 Å². The van der Waals surface area contributed by atoms with E-state index >= 15 is 0 Å². The molecule has 13 heteroatoms. The largest absolute Gasteiger partial charge is 0.508 e. The molecule has 0 spiro atoms. The van der Waals surface area contributed by atoms with Crippen LogP contribution in [-0.4, -0.2) is 75.1 Å². The minimum atomic E-state index is -1.96. The van der Waals surface area contributed by atoms with E-state index in [1.807, 2.05) is 18.2 Å². The Hall–Kier alpha value is -2.63. The highest BCUT2D eigenvalue weighted by Gasteiger charge is 2.76. The van der Waals surface area contributed by atoms with E-state index in [0.717, 1.165) is 23.7 Å². The van der Waals surface area contributed by atoms with E-state index in [4.69, 9.17) is 39.5 Å². The second kappa shape index (κ2) is 10.7. The average molecular weight is 724 g/mol. The number of imide groups is 2. The molecule has 230 valence electrons. The molecule has 9 nitrogen and oxygen atoms in total. The number of allylic oxidation sites excluding steroid dienone is 2. The molecule has 0 aromatic heterocycles. The number of phenols is 1. The van der Waals surface area contributed by atoms with Crippen LogP contribution in [0.3, 0.4) is 0 Å². The molecule has 2 aromatic carbocycles. The van der Waals surface area contributed by atoms with Crippen LogP contribution in [0.15, 0.2) is 54.1 Å². The number of hydrogen-bond donors (Lipinski definition) is 1. The maximum absolute atomic E-state index is 14.2. The number of alkyl halides is 3. The van der Waals surface area contributed by atoms with Crippen LogP contribution in [0, 0.1) is 17.8 Å². The van der Waals surface area contributed by atoms with Crippen molar-refractivity contribution in [2.45, 2.75) is 28.5 Å². The van der Waals surface area contributed by atoms with Gasteiger partial charge < -0.3 is 14.7 Å². The molecule has 7 rings (SSSR count). The van der Waals surface area contributed by atoms with Crippen molar-refractivity contribution < 1.29 is 29.0 Å². The summed E-state index contributed by atoms with van der Waals surface area (Å²) in [7, 11) is 0. The van der Waals surface area contributed by atoms with Crippen LogP contribution in [0.5, 0.6) is 5.75 Å². The van der Waals surface area contributed by atoms with Crippen LogP contribution >= 0.6 is 50.7 Å². The van der Waals surface area contributed by atoms with Gasteiger partial charge in [-0.3, -0.25) is 29.0 Å². The first-order chi connectivity index (χ1) is 21.0. The number of hydrogen-bond acceptors (Lipinski definition) is 7. The minimum Gasteiger partial charge on any atom is -0.508 e. The molecular formula is C31H27BrCl3N3O6. The summed E-state index contributed by atoms with van der Waals surface area (Å²) in [5.41, 5.74) is 2.34. The average Bonchev–Trinajstić information content (AvgIpc) is 3.36. The fourth-order valence-corrected chi connectivity index (χ4v) is 9.44. The van der Waals surface area contributed by atoms with Crippen LogP contribution in [0.1, 0.15) is 24.3 Å². The lowest BCUT2D eigenvalue weighted by Gasteiger charge is -2.51. The predicted octanol–water partition coefficient (Wildman–Crippen LogP) is 4.80. The molecule has 4 amide bonds. The summed E-state index contributed by atoms with van der Waals surface area (Å²) in [6.45, 7) is 2.77. The van der Waals surface area contributed by atoms with Crippen LogP contribution in [-0.2, 0) is 23.9 Å². The van der Waals surface area contributed by atoms with Gasteiger partial charge in [-0.25, -0.2) is 0 Å². The van der Waals surface area contributed by atoms with Crippen molar-refractivity contribution in [3.05, 3.63) is 64.7 Å². The third-order valence-corrected chi connectivity index (χ3v) is 12.0. The first kappa shape index (κ1) is 30.0. The van der Waals surface area contributed by atoms with Crippen molar-refractivity contribution in [1.82, 2.24) is 4.90 Å². The Bertz CT molecular complexity index is 1630. The predicted molar refractivity (Wildman–Crippen MR) is 168 cm³/mol. The van der Waals surface area contributed by atoms with E-state index in [1.54, 1.807) is 18.2 Å². The number of phenolic OH excluding ortho intramolecular Hbond substituents is 1. The zero-order valence-electron chi connectivity index (χ0n) is 23.2. The van der Waals surface area contributed by atoms with E-state index in [0.29, 0.717) is 30.0 Å². The Morgan fingerprint density at radius 3 is 2.27 bits per heavy atom. The smallest absolute Gasteiger partial charge is 0.254 e. The molecular weight excluding hydrogens is 697 g/mol. The Morgan fingerprint density at radius 1 is 0.932 bits per heavy atom. The molecule has 3 heterocycles. The van der Waals surface area contributed by atoms with E-state index in [-0.39, 0.29) is 40.9 Å². The molecule has 5 aliphatic rings. The second-order valence-electron chi connectivity index (χ2n) is 11.8. The molecule has 44 heavy (non-hydrogen) atoms. The number of ether oxygens (including phenoxy) is 1. The molecule has 0 radical (unpaired) electrons. The molecule has 6 atom stereocenters. The summed E-state index contributed by atoms with van der Waals surface area (Å²) in [4.78, 5) is 56.2. The summed E-state index contributed by atoms with van der Waals surface area (Å²) in [5, 5.41) is 10.2. The molecule has 0 bridgehead atoms. The lowest BCUT2D eigenvalue weighted by molar-refractivity contribution is -0.138. The summed E-state index contributed by atoms with van der Waals surface area (Å²) < 4.78 is 5.44. The lowest BCUT2D eigenvalue weighted by Crippen LogP contribution is -2.60. The molecule has 3 saturated heterocycles. The number of nitrogens with zero attached hydrogens (tertiary/aromatic N) is 3. The highest BCUT2D eigenvalue weighted by atomic mass is 79.9. The van der Waals surface area contributed by atoms with Gasteiger partial charge in [0.15, 0.2) is 9.75 Å². The number of morpholine rings is 1. The highest BCUT2D eigenvalue weighted by Crippen LogP contribution is 2.66. The van der Waals surface area contributed by atoms with Crippen LogP contribution in [0.2, 0.25) is 5.02 Å². The Morgan fingerprint density at radius 2 is 1.61 bits per heavy atom. The molecule has 2 aromatic rings. The monoisotopic (exact) mass is 721 g/mol. The number of carbonyl (C=O) groups excluding carboxylic acids is 4. The number of amides is 4.